The van der Waals surface area contributed by atoms with Crippen molar-refractivity contribution in [3.63, 3.8) is 0 Å². The van der Waals surface area contributed by atoms with Gasteiger partial charge in [-0.25, -0.2) is 9.97 Å². The lowest BCUT2D eigenvalue weighted by molar-refractivity contribution is -0.119. The third-order valence-electron chi connectivity index (χ3n) is 5.12. The Kier molecular flexibility index (Phi) is 4.71. The zero-order chi connectivity index (χ0) is 15.7. The minimum Gasteiger partial charge on any atom is -0.353 e. The van der Waals surface area contributed by atoms with E-state index in [1.54, 1.807) is 0 Å². The molecule has 1 N–H and O–H groups in total. The third kappa shape index (κ3) is 3.62. The first kappa shape index (κ1) is 15.8. The number of hydrogen-bond donors (Lipinski definition) is 1. The molecule has 4 nitrogen and oxygen atoms in total. The van der Waals surface area contributed by atoms with Crippen LogP contribution < -0.4 is 5.32 Å². The molecule has 2 saturated carbocycles. The Morgan fingerprint density at radius 2 is 2.05 bits per heavy atom. The van der Waals surface area contributed by atoms with Gasteiger partial charge in [-0.15, -0.1) is 0 Å². The molecule has 2 aliphatic rings. The predicted molar refractivity (Wildman–Crippen MR) is 88.8 cm³/mol. The molecule has 0 aromatic carbocycles. The molecule has 3 rings (SSSR count). The molecule has 2 aliphatic carbocycles. The highest BCUT2D eigenvalue weighted by Crippen LogP contribution is 2.49. The molecule has 0 spiro atoms. The highest BCUT2D eigenvalue weighted by atomic mass is 32.2. The van der Waals surface area contributed by atoms with Crippen LogP contribution in [-0.4, -0.2) is 27.7 Å². The summed E-state index contributed by atoms with van der Waals surface area (Å²) < 4.78 is 0. The molecule has 2 bridgehead atoms. The Hall–Kier alpha value is -1.10. The number of fused-ring (bicyclic) bond motifs is 2. The Morgan fingerprint density at radius 1 is 1.32 bits per heavy atom. The Bertz CT molecular complexity index is 543. The van der Waals surface area contributed by atoms with E-state index in [1.165, 1.54) is 37.4 Å². The van der Waals surface area contributed by atoms with Crippen molar-refractivity contribution < 1.29 is 4.79 Å². The van der Waals surface area contributed by atoms with Crippen molar-refractivity contribution in [2.24, 2.45) is 17.8 Å². The Morgan fingerprint density at radius 3 is 2.64 bits per heavy atom. The van der Waals surface area contributed by atoms with Crippen LogP contribution >= 0.6 is 11.8 Å². The second kappa shape index (κ2) is 6.57. The van der Waals surface area contributed by atoms with Crippen LogP contribution in [0.2, 0.25) is 0 Å². The summed E-state index contributed by atoms with van der Waals surface area (Å²) in [6, 6.07) is 2.24. The van der Waals surface area contributed by atoms with Gasteiger partial charge >= 0.3 is 0 Å². The number of hydrogen-bond acceptors (Lipinski definition) is 4. The predicted octanol–water partition coefficient (Wildman–Crippen LogP) is 3.13. The number of rotatable bonds is 5. The summed E-state index contributed by atoms with van der Waals surface area (Å²) in [6.07, 6.45) is 5.46. The maximum Gasteiger partial charge on any atom is 0.230 e. The molecule has 2 fully saturated rings. The average Bonchev–Trinajstić information content (AvgIpc) is 3.06. The van der Waals surface area contributed by atoms with Gasteiger partial charge in [0.05, 0.1) is 5.75 Å². The van der Waals surface area contributed by atoms with Crippen LogP contribution in [0.4, 0.5) is 0 Å². The van der Waals surface area contributed by atoms with Gasteiger partial charge in [0.2, 0.25) is 5.91 Å². The quantitative estimate of drug-likeness (QED) is 0.669. The molecule has 120 valence electrons. The fourth-order valence-corrected chi connectivity index (χ4v) is 4.96. The first-order valence-corrected chi connectivity index (χ1v) is 9.24. The topological polar surface area (TPSA) is 54.9 Å². The molecule has 1 aromatic rings. The number of carbonyl (C=O) groups is 1. The van der Waals surface area contributed by atoms with Gasteiger partial charge in [0.1, 0.15) is 0 Å². The second-order valence-corrected chi connectivity index (χ2v) is 7.86. The van der Waals surface area contributed by atoms with Crippen LogP contribution in [0, 0.1) is 31.6 Å². The van der Waals surface area contributed by atoms with Gasteiger partial charge in [0, 0.05) is 17.4 Å². The molecule has 5 heteroatoms. The van der Waals surface area contributed by atoms with Crippen molar-refractivity contribution in [1.82, 2.24) is 15.3 Å². The molecule has 1 amide bonds. The molecule has 0 radical (unpaired) electrons. The number of carbonyl (C=O) groups excluding carboxylic acids is 1. The lowest BCUT2D eigenvalue weighted by Crippen LogP contribution is -2.40. The third-order valence-corrected chi connectivity index (χ3v) is 5.97. The monoisotopic (exact) mass is 319 g/mol. The van der Waals surface area contributed by atoms with Gasteiger partial charge in [0.15, 0.2) is 5.16 Å². The summed E-state index contributed by atoms with van der Waals surface area (Å²) >= 11 is 1.42. The van der Waals surface area contributed by atoms with E-state index < -0.39 is 0 Å². The maximum atomic E-state index is 12.2. The van der Waals surface area contributed by atoms with Crippen molar-refractivity contribution in [3.8, 4) is 0 Å². The molecule has 4 unspecified atom stereocenters. The van der Waals surface area contributed by atoms with Crippen LogP contribution in [-0.2, 0) is 4.79 Å². The van der Waals surface area contributed by atoms with E-state index in [4.69, 9.17) is 0 Å². The summed E-state index contributed by atoms with van der Waals surface area (Å²) in [5.74, 6) is 2.95. The number of thioether (sulfide) groups is 1. The number of aromatic nitrogens is 2. The van der Waals surface area contributed by atoms with E-state index in [1.807, 2.05) is 19.9 Å². The number of aryl methyl sites for hydroxylation is 2. The van der Waals surface area contributed by atoms with Gasteiger partial charge in [-0.2, -0.15) is 0 Å². The fraction of sp³-hybridized carbons (Fsp3) is 0.706. The molecular formula is C17H25N3OS. The average molecular weight is 319 g/mol. The van der Waals surface area contributed by atoms with E-state index in [0.717, 1.165) is 23.2 Å². The van der Waals surface area contributed by atoms with Gasteiger partial charge in [0.25, 0.3) is 0 Å². The highest BCUT2D eigenvalue weighted by molar-refractivity contribution is 7.99. The molecule has 0 aliphatic heterocycles. The van der Waals surface area contributed by atoms with Gasteiger partial charge < -0.3 is 5.32 Å². The molecule has 0 saturated heterocycles. The maximum absolute atomic E-state index is 12.2. The van der Waals surface area contributed by atoms with Gasteiger partial charge in [-0.1, -0.05) is 18.2 Å². The van der Waals surface area contributed by atoms with Crippen LogP contribution in [0.5, 0.6) is 0 Å². The van der Waals surface area contributed by atoms with Crippen LogP contribution in [0.1, 0.15) is 44.0 Å². The first-order chi connectivity index (χ1) is 10.5. The van der Waals surface area contributed by atoms with Crippen molar-refractivity contribution in [1.29, 1.82) is 0 Å². The SMILES string of the molecule is Cc1cc(C)nc(SCC(=O)NC(C)C2CC3CCC2C3)n1. The largest absolute Gasteiger partial charge is 0.353 e. The van der Waals surface area contributed by atoms with Crippen molar-refractivity contribution >= 4 is 17.7 Å². The second-order valence-electron chi connectivity index (χ2n) is 6.92. The van der Waals surface area contributed by atoms with Crippen LogP contribution in [0.25, 0.3) is 0 Å². The molecule has 22 heavy (non-hydrogen) atoms. The van der Waals surface area contributed by atoms with E-state index in [2.05, 4.69) is 22.2 Å². The smallest absolute Gasteiger partial charge is 0.230 e. The van der Waals surface area contributed by atoms with Gasteiger partial charge in [-0.3, -0.25) is 4.79 Å². The number of nitrogens with zero attached hydrogens (tertiary/aromatic N) is 2. The zero-order valence-electron chi connectivity index (χ0n) is 13.6. The minimum absolute atomic E-state index is 0.100. The Labute approximate surface area is 136 Å². The van der Waals surface area contributed by atoms with Crippen LogP contribution in [0.3, 0.4) is 0 Å². The summed E-state index contributed by atoms with van der Waals surface area (Å²) in [7, 11) is 0. The van der Waals surface area contributed by atoms with E-state index in [0.29, 0.717) is 22.9 Å². The highest BCUT2D eigenvalue weighted by Gasteiger charge is 2.42. The van der Waals surface area contributed by atoms with Gasteiger partial charge in [-0.05, 0) is 63.9 Å². The van der Waals surface area contributed by atoms with Crippen LogP contribution in [0.15, 0.2) is 11.2 Å². The van der Waals surface area contributed by atoms with Crippen molar-refractivity contribution in [2.75, 3.05) is 5.75 Å². The molecule has 4 atom stereocenters. The van der Waals surface area contributed by atoms with E-state index >= 15 is 0 Å². The summed E-state index contributed by atoms with van der Waals surface area (Å²) in [5, 5.41) is 3.89. The number of amides is 1. The first-order valence-electron chi connectivity index (χ1n) is 8.25. The molecule has 1 aromatic heterocycles. The standard InChI is InChI=1S/C17H25N3OS/c1-10-6-11(2)19-17(18-10)22-9-16(21)20-12(3)15-8-13-4-5-14(15)7-13/h6,12-15H,4-5,7-9H2,1-3H3,(H,20,21). The summed E-state index contributed by atoms with van der Waals surface area (Å²) in [5.41, 5.74) is 1.90. The lowest BCUT2D eigenvalue weighted by Gasteiger charge is -2.28. The number of nitrogens with one attached hydrogen (secondary N) is 1. The molecular weight excluding hydrogens is 294 g/mol. The summed E-state index contributed by atoms with van der Waals surface area (Å²) in [4.78, 5) is 20.9. The molecule has 1 heterocycles. The Balaban J connectivity index is 1.48. The van der Waals surface area contributed by atoms with Crippen molar-refractivity contribution in [3.05, 3.63) is 17.5 Å². The minimum atomic E-state index is 0.100. The zero-order valence-corrected chi connectivity index (χ0v) is 14.4. The lowest BCUT2D eigenvalue weighted by atomic mass is 9.84. The summed E-state index contributed by atoms with van der Waals surface area (Å²) in [6.45, 7) is 6.08. The van der Waals surface area contributed by atoms with E-state index in [-0.39, 0.29) is 5.91 Å². The van der Waals surface area contributed by atoms with E-state index in [9.17, 15) is 4.79 Å². The fourth-order valence-electron chi connectivity index (χ4n) is 4.20. The normalized spacial score (nSPS) is 27.9. The van der Waals surface area contributed by atoms with Crippen molar-refractivity contribution in [2.45, 2.75) is 57.7 Å².